The molecule has 0 unspecified atom stereocenters. The lowest BCUT2D eigenvalue weighted by Gasteiger charge is -2.28. The Morgan fingerprint density at radius 3 is 2.21 bits per heavy atom. The number of hydrogen-bond acceptors (Lipinski definition) is 2. The minimum atomic E-state index is 0. The van der Waals surface area contributed by atoms with Crippen molar-refractivity contribution in [2.45, 2.75) is 19.3 Å². The van der Waals surface area contributed by atoms with E-state index in [-0.39, 0.29) is 18.4 Å². The van der Waals surface area contributed by atoms with Crippen molar-refractivity contribution in [3.05, 3.63) is 0 Å². The third-order valence-corrected chi connectivity index (χ3v) is 2.17. The minimum Gasteiger partial charge on any atom is -0.359 e. The quantitative estimate of drug-likeness (QED) is 0.356. The van der Waals surface area contributed by atoms with Crippen LogP contribution in [-0.2, 0) is 0 Å². The summed E-state index contributed by atoms with van der Waals surface area (Å²) in [6.07, 6.45) is 3.56. The summed E-state index contributed by atoms with van der Waals surface area (Å²) in [5, 5.41) is 20.3. The summed E-state index contributed by atoms with van der Waals surface area (Å²) in [6, 6.07) is 0. The molecule has 0 amide bonds. The fourth-order valence-electron chi connectivity index (χ4n) is 1.38. The third-order valence-electron chi connectivity index (χ3n) is 2.17. The standard InChI is InChI=1S/C8H17N5.ClH/c1-11-7(9)12-8(10)13-5-3-2-4-6-13;/h2-6H2,1H3,(H4,9,10,11,12);1H. The van der Waals surface area contributed by atoms with Gasteiger partial charge >= 0.3 is 0 Å². The van der Waals surface area contributed by atoms with Crippen LogP contribution in [-0.4, -0.2) is 37.0 Å². The van der Waals surface area contributed by atoms with E-state index in [1.165, 1.54) is 6.42 Å². The van der Waals surface area contributed by atoms with Crippen molar-refractivity contribution >= 4 is 24.3 Å². The second kappa shape index (κ2) is 6.48. The predicted octanol–water partition coefficient (Wildman–Crippen LogP) is 0.573. The second-order valence-corrected chi connectivity index (χ2v) is 3.15. The fourth-order valence-corrected chi connectivity index (χ4v) is 1.38. The molecule has 0 aromatic carbocycles. The zero-order chi connectivity index (χ0) is 9.68. The van der Waals surface area contributed by atoms with Crippen LogP contribution in [0.2, 0.25) is 0 Å². The van der Waals surface area contributed by atoms with Gasteiger partial charge in [-0.1, -0.05) is 0 Å². The van der Waals surface area contributed by atoms with Crippen LogP contribution in [0.5, 0.6) is 0 Å². The molecule has 1 heterocycles. The van der Waals surface area contributed by atoms with E-state index < -0.39 is 0 Å². The van der Waals surface area contributed by atoms with Crippen molar-refractivity contribution < 1.29 is 0 Å². The molecular formula is C8H18ClN5. The van der Waals surface area contributed by atoms with Gasteiger partial charge in [0.05, 0.1) is 0 Å². The average molecular weight is 220 g/mol. The zero-order valence-electron chi connectivity index (χ0n) is 8.39. The highest BCUT2D eigenvalue weighted by Crippen LogP contribution is 2.07. The van der Waals surface area contributed by atoms with Gasteiger partial charge in [0.25, 0.3) is 0 Å². The van der Waals surface area contributed by atoms with Gasteiger partial charge in [0, 0.05) is 20.1 Å². The SMILES string of the molecule is CNC(=N)NC(=N)N1CCCCC1.Cl. The normalized spacial score (nSPS) is 15.4. The van der Waals surface area contributed by atoms with Gasteiger partial charge in [0.1, 0.15) is 0 Å². The molecule has 1 aliphatic rings. The highest BCUT2D eigenvalue weighted by molar-refractivity contribution is 5.95. The van der Waals surface area contributed by atoms with Crippen LogP contribution in [0, 0.1) is 10.8 Å². The molecule has 0 aromatic heterocycles. The van der Waals surface area contributed by atoms with Crippen LogP contribution in [0.1, 0.15) is 19.3 Å². The number of halogens is 1. The molecule has 0 spiro atoms. The summed E-state index contributed by atoms with van der Waals surface area (Å²) in [5.74, 6) is 0.509. The lowest BCUT2D eigenvalue weighted by atomic mass is 10.1. The maximum absolute atomic E-state index is 7.65. The van der Waals surface area contributed by atoms with E-state index in [2.05, 4.69) is 10.6 Å². The molecule has 0 aromatic rings. The topological polar surface area (TPSA) is 75.0 Å². The van der Waals surface area contributed by atoms with E-state index in [0.717, 1.165) is 25.9 Å². The number of guanidine groups is 2. The number of rotatable bonds is 0. The van der Waals surface area contributed by atoms with Crippen molar-refractivity contribution in [2.24, 2.45) is 0 Å². The molecule has 1 aliphatic heterocycles. The smallest absolute Gasteiger partial charge is 0.197 e. The lowest BCUT2D eigenvalue weighted by molar-refractivity contribution is 0.334. The highest BCUT2D eigenvalue weighted by atomic mass is 35.5. The second-order valence-electron chi connectivity index (χ2n) is 3.15. The molecule has 1 saturated heterocycles. The highest BCUT2D eigenvalue weighted by Gasteiger charge is 2.13. The van der Waals surface area contributed by atoms with Crippen LogP contribution >= 0.6 is 12.4 Å². The van der Waals surface area contributed by atoms with E-state index in [1.807, 2.05) is 4.90 Å². The molecule has 6 heteroatoms. The average Bonchev–Trinajstić information content (AvgIpc) is 2.19. The van der Waals surface area contributed by atoms with Crippen LogP contribution in [0.15, 0.2) is 0 Å². The molecule has 0 radical (unpaired) electrons. The zero-order valence-corrected chi connectivity index (χ0v) is 9.21. The van der Waals surface area contributed by atoms with Gasteiger partial charge in [-0.15, -0.1) is 12.4 Å². The van der Waals surface area contributed by atoms with E-state index >= 15 is 0 Å². The van der Waals surface area contributed by atoms with E-state index in [0.29, 0.717) is 5.96 Å². The first-order valence-electron chi connectivity index (χ1n) is 4.61. The van der Waals surface area contributed by atoms with Crippen molar-refractivity contribution in [3.8, 4) is 0 Å². The molecule has 1 rings (SSSR count). The molecule has 4 N–H and O–H groups in total. The number of nitrogens with one attached hydrogen (secondary N) is 4. The van der Waals surface area contributed by atoms with Gasteiger partial charge in [-0.25, -0.2) is 0 Å². The Hall–Kier alpha value is -0.970. The molecule has 0 aliphatic carbocycles. The molecule has 5 nitrogen and oxygen atoms in total. The Kier molecular flexibility index (Phi) is 6.03. The minimum absolute atomic E-state index is 0. The summed E-state index contributed by atoms with van der Waals surface area (Å²) in [7, 11) is 1.67. The van der Waals surface area contributed by atoms with E-state index in [9.17, 15) is 0 Å². The predicted molar refractivity (Wildman–Crippen MR) is 60.3 cm³/mol. The van der Waals surface area contributed by atoms with Crippen molar-refractivity contribution in [3.63, 3.8) is 0 Å². The summed E-state index contributed by atoms with van der Waals surface area (Å²) >= 11 is 0. The first kappa shape index (κ1) is 13.0. The van der Waals surface area contributed by atoms with Crippen molar-refractivity contribution in [1.29, 1.82) is 10.8 Å². The fraction of sp³-hybridized carbons (Fsp3) is 0.750. The van der Waals surface area contributed by atoms with Gasteiger partial charge in [-0.3, -0.25) is 16.1 Å². The lowest BCUT2D eigenvalue weighted by Crippen LogP contribution is -2.48. The van der Waals surface area contributed by atoms with Gasteiger partial charge in [0.2, 0.25) is 0 Å². The maximum atomic E-state index is 7.65. The van der Waals surface area contributed by atoms with Crippen LogP contribution in [0.3, 0.4) is 0 Å². The van der Waals surface area contributed by atoms with Gasteiger partial charge < -0.3 is 10.2 Å². The first-order valence-corrected chi connectivity index (χ1v) is 4.61. The van der Waals surface area contributed by atoms with Crippen molar-refractivity contribution in [1.82, 2.24) is 15.5 Å². The van der Waals surface area contributed by atoms with Gasteiger partial charge in [-0.2, -0.15) is 0 Å². The molecule has 0 bridgehead atoms. The number of piperidine rings is 1. The monoisotopic (exact) mass is 219 g/mol. The van der Waals surface area contributed by atoms with Crippen molar-refractivity contribution in [2.75, 3.05) is 20.1 Å². The maximum Gasteiger partial charge on any atom is 0.197 e. The Balaban J connectivity index is 0.00000169. The number of hydrogen-bond donors (Lipinski definition) is 4. The molecule has 0 saturated carbocycles. The number of nitrogens with zero attached hydrogens (tertiary/aromatic N) is 1. The Morgan fingerprint density at radius 1 is 1.14 bits per heavy atom. The molecule has 82 valence electrons. The summed E-state index contributed by atoms with van der Waals surface area (Å²) < 4.78 is 0. The van der Waals surface area contributed by atoms with Crippen LogP contribution in [0.25, 0.3) is 0 Å². The Labute approximate surface area is 90.7 Å². The Bertz CT molecular complexity index is 200. The van der Waals surface area contributed by atoms with Gasteiger partial charge in [0.15, 0.2) is 11.9 Å². The van der Waals surface area contributed by atoms with E-state index in [1.54, 1.807) is 7.05 Å². The summed E-state index contributed by atoms with van der Waals surface area (Å²) in [4.78, 5) is 1.97. The van der Waals surface area contributed by atoms with Crippen LogP contribution < -0.4 is 10.6 Å². The molecule has 1 fully saturated rings. The summed E-state index contributed by atoms with van der Waals surface area (Å²) in [6.45, 7) is 1.87. The van der Waals surface area contributed by atoms with Crippen LogP contribution in [0.4, 0.5) is 0 Å². The molecular weight excluding hydrogens is 202 g/mol. The first-order chi connectivity index (χ1) is 6.24. The van der Waals surface area contributed by atoms with Gasteiger partial charge in [-0.05, 0) is 19.3 Å². The molecule has 0 atom stereocenters. The summed E-state index contributed by atoms with van der Waals surface area (Å²) in [5.41, 5.74) is 0. The molecule has 14 heavy (non-hydrogen) atoms. The third kappa shape index (κ3) is 3.83. The van der Waals surface area contributed by atoms with E-state index in [4.69, 9.17) is 10.8 Å². The largest absolute Gasteiger partial charge is 0.359 e. The number of likely N-dealkylation sites (tertiary alicyclic amines) is 1. The Morgan fingerprint density at radius 2 is 1.71 bits per heavy atom.